The zero-order valence-electron chi connectivity index (χ0n) is 6.20. The van der Waals surface area contributed by atoms with E-state index in [0.717, 1.165) is 0 Å². The molecule has 0 aliphatic rings. The molecule has 0 bridgehead atoms. The van der Waals surface area contributed by atoms with E-state index in [1.807, 2.05) is 44.2 Å². The van der Waals surface area contributed by atoms with Crippen LogP contribution in [-0.4, -0.2) is 0 Å². The van der Waals surface area contributed by atoms with Gasteiger partial charge < -0.3 is 0 Å². The number of hydrogen-bond acceptors (Lipinski definition) is 0. The molecule has 2 heteroatoms. The summed E-state index contributed by atoms with van der Waals surface area (Å²) in [6.45, 7) is 4.00. The van der Waals surface area contributed by atoms with Crippen molar-refractivity contribution >= 4 is 0 Å². The standard InChI is InChI=1S/C6H5.C2H6.2W/c1-2-4-6-5-3-1;1-2;;/h1-5H;1-2H3;;/q-1;;;. The molecule has 10 heavy (non-hydrogen) atoms. The van der Waals surface area contributed by atoms with Gasteiger partial charge in [0.25, 0.3) is 0 Å². The van der Waals surface area contributed by atoms with Crippen molar-refractivity contribution in [2.24, 2.45) is 0 Å². The minimum Gasteiger partial charge on any atom is -0.184 e. The molecule has 0 amide bonds. The van der Waals surface area contributed by atoms with Gasteiger partial charge in [-0.15, -0.1) is 0 Å². The third-order valence-corrected chi connectivity index (χ3v) is 0.607. The first-order valence-electron chi connectivity index (χ1n) is 2.91. The molecule has 0 unspecified atom stereocenters. The van der Waals surface area contributed by atoms with E-state index >= 15 is 0 Å². The third kappa shape index (κ3) is 11.4. The van der Waals surface area contributed by atoms with Gasteiger partial charge in [-0.05, 0) is 0 Å². The minimum atomic E-state index is 0. The predicted molar refractivity (Wildman–Crippen MR) is 36.6 cm³/mol. The number of hydrogen-bond donors (Lipinski definition) is 0. The summed E-state index contributed by atoms with van der Waals surface area (Å²) < 4.78 is 0. The summed E-state index contributed by atoms with van der Waals surface area (Å²) in [6.07, 6.45) is 0. The Morgan fingerprint density at radius 1 is 0.800 bits per heavy atom. The van der Waals surface area contributed by atoms with Crippen LogP contribution in [0.4, 0.5) is 0 Å². The molecule has 0 fully saturated rings. The van der Waals surface area contributed by atoms with Crippen LogP contribution >= 0.6 is 0 Å². The van der Waals surface area contributed by atoms with Crippen molar-refractivity contribution < 1.29 is 42.1 Å². The van der Waals surface area contributed by atoms with Crippen LogP contribution in [0, 0.1) is 6.07 Å². The predicted octanol–water partition coefficient (Wildman–Crippen LogP) is 2.51. The summed E-state index contributed by atoms with van der Waals surface area (Å²) in [7, 11) is 0. The van der Waals surface area contributed by atoms with E-state index in [1.165, 1.54) is 0 Å². The fourth-order valence-electron chi connectivity index (χ4n) is 0.342. The fourth-order valence-corrected chi connectivity index (χ4v) is 0.342. The summed E-state index contributed by atoms with van der Waals surface area (Å²) in [5.74, 6) is 0. The molecule has 0 spiro atoms. The molecule has 1 aromatic rings. The SMILES string of the molecule is CC.[W].[W].[c-]1ccccc1. The van der Waals surface area contributed by atoms with Gasteiger partial charge in [-0.3, -0.25) is 0 Å². The van der Waals surface area contributed by atoms with Crippen molar-refractivity contribution in [3.05, 3.63) is 36.4 Å². The van der Waals surface area contributed by atoms with Gasteiger partial charge in [-0.25, -0.2) is 0 Å². The van der Waals surface area contributed by atoms with E-state index in [-0.39, 0.29) is 42.1 Å². The van der Waals surface area contributed by atoms with Crippen molar-refractivity contribution in [2.45, 2.75) is 13.8 Å². The third-order valence-electron chi connectivity index (χ3n) is 0.607. The summed E-state index contributed by atoms with van der Waals surface area (Å²) in [4.78, 5) is 0. The number of rotatable bonds is 0. The first kappa shape index (κ1) is 16.9. The van der Waals surface area contributed by atoms with Crippen LogP contribution in [0.15, 0.2) is 30.3 Å². The second kappa shape index (κ2) is 16.3. The maximum atomic E-state index is 2.89. The van der Waals surface area contributed by atoms with Gasteiger partial charge >= 0.3 is 0 Å². The van der Waals surface area contributed by atoms with Crippen LogP contribution < -0.4 is 0 Å². The van der Waals surface area contributed by atoms with E-state index < -0.39 is 0 Å². The van der Waals surface area contributed by atoms with Gasteiger partial charge in [0.05, 0.1) is 0 Å². The topological polar surface area (TPSA) is 0 Å². The Labute approximate surface area is 91.9 Å². The summed E-state index contributed by atoms with van der Waals surface area (Å²) in [5.41, 5.74) is 0. The normalized spacial score (nSPS) is 5.40. The Hall–Kier alpha value is 0.597. The van der Waals surface area contributed by atoms with Gasteiger partial charge in [-0.1, -0.05) is 13.8 Å². The molecule has 0 radical (unpaired) electrons. The van der Waals surface area contributed by atoms with Gasteiger partial charge in [-0.2, -0.15) is 36.4 Å². The van der Waals surface area contributed by atoms with Crippen LogP contribution in [-0.2, 0) is 42.1 Å². The van der Waals surface area contributed by atoms with Crippen LogP contribution in [0.3, 0.4) is 0 Å². The first-order valence-corrected chi connectivity index (χ1v) is 2.91. The van der Waals surface area contributed by atoms with Crippen LogP contribution in [0.25, 0.3) is 0 Å². The van der Waals surface area contributed by atoms with Crippen LogP contribution in [0.1, 0.15) is 13.8 Å². The van der Waals surface area contributed by atoms with Gasteiger partial charge in [0.2, 0.25) is 0 Å². The molecule has 1 rings (SSSR count). The molecule has 56 valence electrons. The van der Waals surface area contributed by atoms with Gasteiger partial charge in [0.1, 0.15) is 0 Å². The quantitative estimate of drug-likeness (QED) is 0.507. The maximum absolute atomic E-state index is 2.89. The molecular formula is C8H11W2-. The van der Waals surface area contributed by atoms with Crippen molar-refractivity contribution in [1.29, 1.82) is 0 Å². The molecule has 0 saturated carbocycles. The molecule has 0 nitrogen and oxygen atoms in total. The monoisotopic (exact) mass is 475 g/mol. The maximum Gasteiger partial charge on any atom is 0 e. The Morgan fingerprint density at radius 3 is 1.30 bits per heavy atom. The molecule has 1 aromatic carbocycles. The largest absolute Gasteiger partial charge is 0.184 e. The number of benzene rings is 1. The average Bonchev–Trinajstić information content (AvgIpc) is 1.96. The van der Waals surface area contributed by atoms with Gasteiger partial charge in [0, 0.05) is 42.1 Å². The van der Waals surface area contributed by atoms with Crippen LogP contribution in [0.5, 0.6) is 0 Å². The Bertz CT molecular complexity index is 79.2. The Balaban J connectivity index is -0.000000114. The van der Waals surface area contributed by atoms with E-state index in [9.17, 15) is 0 Å². The summed E-state index contributed by atoms with van der Waals surface area (Å²) in [6, 6.07) is 12.5. The Morgan fingerprint density at radius 2 is 1.20 bits per heavy atom. The van der Waals surface area contributed by atoms with Crippen molar-refractivity contribution in [3.8, 4) is 0 Å². The van der Waals surface area contributed by atoms with E-state index in [0.29, 0.717) is 0 Å². The molecule has 0 N–H and O–H groups in total. The second-order valence-corrected chi connectivity index (χ2v) is 1.08. The van der Waals surface area contributed by atoms with Crippen molar-refractivity contribution in [1.82, 2.24) is 0 Å². The fraction of sp³-hybridized carbons (Fsp3) is 0.250. The summed E-state index contributed by atoms with van der Waals surface area (Å²) >= 11 is 0. The van der Waals surface area contributed by atoms with E-state index in [4.69, 9.17) is 0 Å². The van der Waals surface area contributed by atoms with E-state index in [2.05, 4.69) is 6.07 Å². The molecule has 0 heterocycles. The van der Waals surface area contributed by atoms with Gasteiger partial charge in [0.15, 0.2) is 0 Å². The average molecular weight is 475 g/mol. The molecular weight excluding hydrogens is 464 g/mol. The molecule has 0 aliphatic heterocycles. The summed E-state index contributed by atoms with van der Waals surface area (Å²) in [5, 5.41) is 0. The Kier molecular flexibility index (Phi) is 27.6. The first-order chi connectivity index (χ1) is 4.00. The smallest absolute Gasteiger partial charge is 0 e. The minimum absolute atomic E-state index is 0. The van der Waals surface area contributed by atoms with Crippen molar-refractivity contribution in [2.75, 3.05) is 0 Å². The zero-order valence-corrected chi connectivity index (χ0v) is 12.1. The molecule has 0 saturated heterocycles. The van der Waals surface area contributed by atoms with Crippen molar-refractivity contribution in [3.63, 3.8) is 0 Å². The van der Waals surface area contributed by atoms with E-state index in [1.54, 1.807) is 0 Å². The molecule has 0 aliphatic carbocycles. The zero-order chi connectivity index (χ0) is 6.24. The molecule has 0 atom stereocenters. The van der Waals surface area contributed by atoms with Crippen LogP contribution in [0.2, 0.25) is 0 Å². The second-order valence-electron chi connectivity index (χ2n) is 1.08. The molecule has 0 aromatic heterocycles.